The Hall–Kier alpha value is -2.32. The number of amides is 1. The predicted molar refractivity (Wildman–Crippen MR) is 93.4 cm³/mol. The Morgan fingerprint density at radius 2 is 1.81 bits per heavy atom. The van der Waals surface area contributed by atoms with Crippen molar-refractivity contribution < 1.29 is 22.0 Å². The van der Waals surface area contributed by atoms with Gasteiger partial charge in [0, 0.05) is 18.3 Å². The molecule has 0 aromatic heterocycles. The number of nitrogens with zero attached hydrogens (tertiary/aromatic N) is 1. The van der Waals surface area contributed by atoms with Gasteiger partial charge in [-0.15, -0.1) is 0 Å². The van der Waals surface area contributed by atoms with E-state index in [-0.39, 0.29) is 6.42 Å². The number of anilines is 1. The topological polar surface area (TPSA) is 66.5 Å². The first kappa shape index (κ1) is 18.5. The highest BCUT2D eigenvalue weighted by Crippen LogP contribution is 2.25. The molecule has 0 spiro atoms. The lowest BCUT2D eigenvalue weighted by atomic mass is 10.1. The van der Waals surface area contributed by atoms with Crippen molar-refractivity contribution in [1.29, 1.82) is 0 Å². The Kier molecular flexibility index (Phi) is 4.81. The molecule has 1 aliphatic heterocycles. The third-order valence-corrected chi connectivity index (χ3v) is 5.99. The number of nitrogens with one attached hydrogen (secondary N) is 1. The van der Waals surface area contributed by atoms with E-state index in [1.165, 1.54) is 4.90 Å². The summed E-state index contributed by atoms with van der Waals surface area (Å²) in [6.45, 7) is 4.23. The van der Waals surface area contributed by atoms with Crippen LogP contribution >= 0.6 is 0 Å². The van der Waals surface area contributed by atoms with E-state index in [9.17, 15) is 22.0 Å². The maximum atomic E-state index is 13.8. The van der Waals surface area contributed by atoms with Gasteiger partial charge in [0.05, 0.1) is 0 Å². The largest absolute Gasteiger partial charge is 0.311 e. The fourth-order valence-electron chi connectivity index (χ4n) is 2.88. The first-order valence-corrected chi connectivity index (χ1v) is 9.53. The Morgan fingerprint density at radius 3 is 2.46 bits per heavy atom. The van der Waals surface area contributed by atoms with Crippen LogP contribution < -0.4 is 9.62 Å². The normalized spacial score (nSPS) is 17.8. The molecule has 2 aromatic carbocycles. The van der Waals surface area contributed by atoms with E-state index in [0.29, 0.717) is 18.3 Å². The second kappa shape index (κ2) is 6.77. The average Bonchev–Trinajstić information content (AvgIpc) is 2.90. The zero-order valence-corrected chi connectivity index (χ0v) is 15.1. The molecule has 0 aliphatic carbocycles. The number of rotatable bonds is 4. The van der Waals surface area contributed by atoms with Gasteiger partial charge in [-0.3, -0.25) is 4.79 Å². The predicted octanol–water partition coefficient (Wildman–Crippen LogP) is 2.67. The molecule has 1 fully saturated rings. The number of sulfonamides is 1. The highest BCUT2D eigenvalue weighted by molar-refractivity contribution is 7.89. The maximum absolute atomic E-state index is 13.8. The van der Waals surface area contributed by atoms with E-state index in [1.807, 2.05) is 26.0 Å². The number of carbonyl (C=O) groups is 1. The zero-order valence-electron chi connectivity index (χ0n) is 14.3. The monoisotopic (exact) mass is 380 g/mol. The number of hydrogen-bond donors (Lipinski definition) is 1. The van der Waals surface area contributed by atoms with Crippen molar-refractivity contribution in [2.75, 3.05) is 11.4 Å². The molecule has 1 amide bonds. The molecule has 8 heteroatoms. The third-order valence-electron chi connectivity index (χ3n) is 4.49. The summed E-state index contributed by atoms with van der Waals surface area (Å²) < 4.78 is 53.7. The van der Waals surface area contributed by atoms with Crippen molar-refractivity contribution in [1.82, 2.24) is 4.72 Å². The minimum Gasteiger partial charge on any atom is -0.311 e. The molecule has 1 atom stereocenters. The van der Waals surface area contributed by atoms with Crippen molar-refractivity contribution in [2.45, 2.75) is 31.2 Å². The van der Waals surface area contributed by atoms with Crippen LogP contribution in [0.25, 0.3) is 0 Å². The molecule has 1 heterocycles. The van der Waals surface area contributed by atoms with Gasteiger partial charge in [0.2, 0.25) is 15.9 Å². The van der Waals surface area contributed by atoms with Crippen molar-refractivity contribution in [3.05, 3.63) is 59.2 Å². The first-order chi connectivity index (χ1) is 12.2. The molecule has 138 valence electrons. The quantitative estimate of drug-likeness (QED) is 0.887. The number of hydrogen-bond acceptors (Lipinski definition) is 3. The van der Waals surface area contributed by atoms with Crippen LogP contribution in [-0.4, -0.2) is 26.9 Å². The summed E-state index contributed by atoms with van der Waals surface area (Å²) in [5.74, 6) is -2.48. The average molecular weight is 380 g/mol. The summed E-state index contributed by atoms with van der Waals surface area (Å²) in [7, 11) is -4.28. The van der Waals surface area contributed by atoms with Crippen LogP contribution in [0.15, 0.2) is 41.3 Å². The van der Waals surface area contributed by atoms with E-state index in [2.05, 4.69) is 4.72 Å². The molecular weight excluding hydrogens is 362 g/mol. The minimum absolute atomic E-state index is 0.258. The molecule has 26 heavy (non-hydrogen) atoms. The number of benzene rings is 2. The second-order valence-corrected chi connectivity index (χ2v) is 7.98. The van der Waals surface area contributed by atoms with Gasteiger partial charge in [-0.25, -0.2) is 17.2 Å². The van der Waals surface area contributed by atoms with Gasteiger partial charge < -0.3 is 4.90 Å². The summed E-state index contributed by atoms with van der Waals surface area (Å²) in [6, 6.07) is 6.75. The molecule has 0 saturated carbocycles. The van der Waals surface area contributed by atoms with E-state index >= 15 is 0 Å². The molecule has 1 saturated heterocycles. The number of halogens is 2. The lowest BCUT2D eigenvalue weighted by Gasteiger charge is -2.18. The standard InChI is InChI=1S/C18H18F2N2O3S/c1-11-3-5-14(9-12(11)2)22-8-7-16(18(22)23)21-26(24,25)17-6-4-13(19)10-15(17)20/h3-6,9-10,16,21H,7-8H2,1-2H3/t16-/m0/s1. The fourth-order valence-corrected chi connectivity index (χ4v) is 4.17. The molecule has 0 radical (unpaired) electrons. The van der Waals surface area contributed by atoms with Gasteiger partial charge in [0.15, 0.2) is 0 Å². The third kappa shape index (κ3) is 3.47. The molecule has 0 bridgehead atoms. The zero-order chi connectivity index (χ0) is 19.1. The maximum Gasteiger partial charge on any atom is 0.245 e. The van der Waals surface area contributed by atoms with Crippen molar-refractivity contribution in [3.8, 4) is 0 Å². The molecule has 3 rings (SSSR count). The van der Waals surface area contributed by atoms with Gasteiger partial charge in [0.1, 0.15) is 22.6 Å². The van der Waals surface area contributed by atoms with E-state index in [1.54, 1.807) is 6.07 Å². The SMILES string of the molecule is Cc1ccc(N2CC[C@H](NS(=O)(=O)c3ccc(F)cc3F)C2=O)cc1C. The van der Waals surface area contributed by atoms with Gasteiger partial charge in [0.25, 0.3) is 0 Å². The van der Waals surface area contributed by atoms with Crippen LogP contribution in [0.4, 0.5) is 14.5 Å². The molecule has 1 N–H and O–H groups in total. The Bertz CT molecular complexity index is 976. The van der Waals surface area contributed by atoms with Gasteiger partial charge in [-0.1, -0.05) is 6.07 Å². The Morgan fingerprint density at radius 1 is 1.08 bits per heavy atom. The molecule has 1 aliphatic rings. The first-order valence-electron chi connectivity index (χ1n) is 8.05. The Balaban J connectivity index is 1.81. The van der Waals surface area contributed by atoms with Crippen LogP contribution in [0.1, 0.15) is 17.5 Å². The summed E-state index contributed by atoms with van der Waals surface area (Å²) in [4.78, 5) is 13.4. The van der Waals surface area contributed by atoms with Crippen LogP contribution in [0, 0.1) is 25.5 Å². The lowest BCUT2D eigenvalue weighted by Crippen LogP contribution is -2.41. The number of aryl methyl sites for hydroxylation is 2. The van der Waals surface area contributed by atoms with Crippen molar-refractivity contribution >= 4 is 21.6 Å². The molecule has 5 nitrogen and oxygen atoms in total. The van der Waals surface area contributed by atoms with Crippen molar-refractivity contribution in [3.63, 3.8) is 0 Å². The van der Waals surface area contributed by atoms with Gasteiger partial charge in [-0.2, -0.15) is 4.72 Å². The lowest BCUT2D eigenvalue weighted by molar-refractivity contribution is -0.118. The molecular formula is C18H18F2N2O3S. The van der Waals surface area contributed by atoms with Crippen LogP contribution in [0.2, 0.25) is 0 Å². The summed E-state index contributed by atoms with van der Waals surface area (Å²) in [6.07, 6.45) is 0.258. The van der Waals surface area contributed by atoms with E-state index in [0.717, 1.165) is 23.3 Å². The van der Waals surface area contributed by atoms with Crippen LogP contribution in [0.5, 0.6) is 0 Å². The summed E-state index contributed by atoms with van der Waals surface area (Å²) >= 11 is 0. The summed E-state index contributed by atoms with van der Waals surface area (Å²) in [5.41, 5.74) is 2.80. The second-order valence-electron chi connectivity index (χ2n) is 6.30. The van der Waals surface area contributed by atoms with Gasteiger partial charge in [-0.05, 0) is 55.7 Å². The van der Waals surface area contributed by atoms with Crippen LogP contribution in [0.3, 0.4) is 0 Å². The van der Waals surface area contributed by atoms with Gasteiger partial charge >= 0.3 is 0 Å². The summed E-state index contributed by atoms with van der Waals surface area (Å²) in [5, 5.41) is 0. The molecule has 2 aromatic rings. The minimum atomic E-state index is -4.28. The smallest absolute Gasteiger partial charge is 0.245 e. The van der Waals surface area contributed by atoms with E-state index in [4.69, 9.17) is 0 Å². The highest BCUT2D eigenvalue weighted by Gasteiger charge is 2.36. The van der Waals surface area contributed by atoms with Crippen molar-refractivity contribution in [2.24, 2.45) is 0 Å². The van der Waals surface area contributed by atoms with Crippen LogP contribution in [-0.2, 0) is 14.8 Å². The Labute approximate surface area is 150 Å². The fraction of sp³-hybridized carbons (Fsp3) is 0.278. The van der Waals surface area contributed by atoms with E-state index < -0.39 is 38.5 Å². The highest BCUT2D eigenvalue weighted by atomic mass is 32.2. The number of carbonyl (C=O) groups excluding carboxylic acids is 1. The molecule has 0 unspecified atom stereocenters.